The minimum atomic E-state index is 0.00468. The van der Waals surface area contributed by atoms with Crippen LogP contribution in [0.1, 0.15) is 20.4 Å². The lowest BCUT2D eigenvalue weighted by Gasteiger charge is -1.89. The molecule has 72 valence electrons. The van der Waals surface area contributed by atoms with Crippen LogP contribution in [0, 0.1) is 6.92 Å². The molecule has 2 aromatic rings. The zero-order valence-corrected chi connectivity index (χ0v) is 10.5. The second-order valence-electron chi connectivity index (χ2n) is 2.71. The van der Waals surface area contributed by atoms with Gasteiger partial charge in [-0.25, -0.2) is 4.98 Å². The Balaban J connectivity index is 2.33. The summed E-state index contributed by atoms with van der Waals surface area (Å²) in [6, 6.07) is 1.82. The highest BCUT2D eigenvalue weighted by Gasteiger charge is 2.13. The number of hydrogen-bond acceptors (Lipinski definition) is 4. The Morgan fingerprint density at radius 3 is 2.71 bits per heavy atom. The molecular weight excluding hydrogens is 282 g/mol. The lowest BCUT2D eigenvalue weighted by atomic mass is 10.3. The van der Waals surface area contributed by atoms with Crippen LogP contribution in [0.5, 0.6) is 0 Å². The summed E-state index contributed by atoms with van der Waals surface area (Å²) in [5.41, 5.74) is 0.543. The number of nitrogens with zero attached hydrogens (tertiary/aromatic N) is 1. The quantitative estimate of drug-likeness (QED) is 0.792. The average Bonchev–Trinajstić information content (AvgIpc) is 2.73. The fourth-order valence-corrected chi connectivity index (χ4v) is 2.99. The molecule has 0 atom stereocenters. The summed E-state index contributed by atoms with van der Waals surface area (Å²) in [6.45, 7) is 1.89. The van der Waals surface area contributed by atoms with Gasteiger partial charge in [0, 0.05) is 15.2 Å². The maximum Gasteiger partial charge on any atom is 0.222 e. The van der Waals surface area contributed by atoms with Gasteiger partial charge in [-0.15, -0.1) is 22.7 Å². The second kappa shape index (κ2) is 3.92. The van der Waals surface area contributed by atoms with Gasteiger partial charge in [0.25, 0.3) is 0 Å². The SMILES string of the molecule is Cc1nc(C(=O)c2cc(Br)cs2)cs1. The minimum Gasteiger partial charge on any atom is -0.286 e. The lowest BCUT2D eigenvalue weighted by molar-refractivity contribution is 0.103. The Morgan fingerprint density at radius 2 is 2.21 bits per heavy atom. The first-order chi connectivity index (χ1) is 6.66. The normalized spacial score (nSPS) is 10.4. The fourth-order valence-electron chi connectivity index (χ4n) is 1.03. The molecule has 2 rings (SSSR count). The number of carbonyl (C=O) groups excluding carboxylic acids is 1. The summed E-state index contributed by atoms with van der Waals surface area (Å²) in [5, 5.41) is 4.61. The predicted octanol–water partition coefficient (Wildman–Crippen LogP) is 3.51. The summed E-state index contributed by atoms with van der Waals surface area (Å²) in [5.74, 6) is 0.00468. The van der Waals surface area contributed by atoms with Crippen LogP contribution in [0.2, 0.25) is 0 Å². The van der Waals surface area contributed by atoms with Gasteiger partial charge < -0.3 is 0 Å². The van der Waals surface area contributed by atoms with Gasteiger partial charge in [-0.2, -0.15) is 0 Å². The van der Waals surface area contributed by atoms with Crippen LogP contribution in [0.25, 0.3) is 0 Å². The third-order valence-corrected chi connectivity index (χ3v) is 4.11. The van der Waals surface area contributed by atoms with E-state index < -0.39 is 0 Å². The zero-order chi connectivity index (χ0) is 10.1. The van der Waals surface area contributed by atoms with E-state index in [2.05, 4.69) is 20.9 Å². The summed E-state index contributed by atoms with van der Waals surface area (Å²) >= 11 is 6.24. The Labute approximate surface area is 97.7 Å². The average molecular weight is 288 g/mol. The summed E-state index contributed by atoms with van der Waals surface area (Å²) < 4.78 is 0.942. The molecule has 0 aliphatic rings. The molecule has 0 amide bonds. The van der Waals surface area contributed by atoms with E-state index in [0.717, 1.165) is 14.4 Å². The zero-order valence-electron chi connectivity index (χ0n) is 7.28. The first-order valence-electron chi connectivity index (χ1n) is 3.87. The third-order valence-electron chi connectivity index (χ3n) is 1.64. The van der Waals surface area contributed by atoms with E-state index in [0.29, 0.717) is 5.69 Å². The highest BCUT2D eigenvalue weighted by atomic mass is 79.9. The first-order valence-corrected chi connectivity index (χ1v) is 6.43. The molecular formula is C9H6BrNOS2. The van der Waals surface area contributed by atoms with Crippen molar-refractivity contribution in [2.24, 2.45) is 0 Å². The number of thiophene rings is 1. The third kappa shape index (κ3) is 1.94. The number of ketones is 1. The van der Waals surface area contributed by atoms with E-state index in [4.69, 9.17) is 0 Å². The predicted molar refractivity (Wildman–Crippen MR) is 62.3 cm³/mol. The molecule has 0 saturated heterocycles. The van der Waals surface area contributed by atoms with Crippen LogP contribution in [-0.2, 0) is 0 Å². The van der Waals surface area contributed by atoms with Crippen molar-refractivity contribution in [3.8, 4) is 0 Å². The molecule has 14 heavy (non-hydrogen) atoms. The van der Waals surface area contributed by atoms with Crippen molar-refractivity contribution in [3.05, 3.63) is 36.9 Å². The van der Waals surface area contributed by atoms with Crippen molar-refractivity contribution in [2.45, 2.75) is 6.92 Å². The minimum absolute atomic E-state index is 0.00468. The first kappa shape index (κ1) is 10.0. The van der Waals surface area contributed by atoms with Crippen LogP contribution in [0.4, 0.5) is 0 Å². The van der Waals surface area contributed by atoms with E-state index in [1.165, 1.54) is 22.7 Å². The van der Waals surface area contributed by atoms with E-state index in [9.17, 15) is 4.79 Å². The van der Waals surface area contributed by atoms with Gasteiger partial charge in [-0.1, -0.05) is 0 Å². The van der Waals surface area contributed by atoms with Crippen LogP contribution < -0.4 is 0 Å². The highest BCUT2D eigenvalue weighted by molar-refractivity contribution is 9.10. The maximum absolute atomic E-state index is 11.8. The van der Waals surface area contributed by atoms with Gasteiger partial charge in [0.2, 0.25) is 5.78 Å². The molecule has 0 aliphatic heterocycles. The second-order valence-corrected chi connectivity index (χ2v) is 5.60. The molecule has 0 N–H and O–H groups in total. The number of carbonyl (C=O) groups is 1. The fraction of sp³-hybridized carbons (Fsp3) is 0.111. The van der Waals surface area contributed by atoms with Crippen molar-refractivity contribution in [3.63, 3.8) is 0 Å². The van der Waals surface area contributed by atoms with Crippen LogP contribution in [0.3, 0.4) is 0 Å². The maximum atomic E-state index is 11.8. The van der Waals surface area contributed by atoms with Crippen LogP contribution in [-0.4, -0.2) is 10.8 Å². The van der Waals surface area contributed by atoms with Crippen LogP contribution >= 0.6 is 38.6 Å². The molecule has 0 bridgehead atoms. The van der Waals surface area contributed by atoms with Gasteiger partial charge in [0.15, 0.2) is 0 Å². The number of aryl methyl sites for hydroxylation is 1. The molecule has 0 spiro atoms. The van der Waals surface area contributed by atoms with Crippen molar-refractivity contribution >= 4 is 44.4 Å². The molecule has 2 heterocycles. The standard InChI is InChI=1S/C9H6BrNOS2/c1-5-11-7(4-13-5)9(12)8-2-6(10)3-14-8/h2-4H,1H3. The molecule has 0 fully saturated rings. The molecule has 2 aromatic heterocycles. The van der Waals surface area contributed by atoms with E-state index >= 15 is 0 Å². The number of halogens is 1. The van der Waals surface area contributed by atoms with E-state index in [1.54, 1.807) is 5.38 Å². The van der Waals surface area contributed by atoms with Crippen molar-refractivity contribution in [1.82, 2.24) is 4.98 Å². The Kier molecular flexibility index (Phi) is 2.80. The molecule has 0 aromatic carbocycles. The van der Waals surface area contributed by atoms with Gasteiger partial charge in [-0.3, -0.25) is 4.79 Å². The van der Waals surface area contributed by atoms with Crippen LogP contribution in [0.15, 0.2) is 21.3 Å². The van der Waals surface area contributed by atoms with Crippen molar-refractivity contribution in [1.29, 1.82) is 0 Å². The largest absolute Gasteiger partial charge is 0.286 e. The summed E-state index contributed by atoms with van der Waals surface area (Å²) in [7, 11) is 0. The number of rotatable bonds is 2. The number of aromatic nitrogens is 1. The van der Waals surface area contributed by atoms with Crippen molar-refractivity contribution < 1.29 is 4.79 Å². The summed E-state index contributed by atoms with van der Waals surface area (Å²) in [4.78, 5) is 16.7. The van der Waals surface area contributed by atoms with Crippen molar-refractivity contribution in [2.75, 3.05) is 0 Å². The van der Waals surface area contributed by atoms with Gasteiger partial charge >= 0.3 is 0 Å². The lowest BCUT2D eigenvalue weighted by Crippen LogP contribution is -1.98. The molecule has 0 aliphatic carbocycles. The van der Waals surface area contributed by atoms with E-state index in [-0.39, 0.29) is 5.78 Å². The Morgan fingerprint density at radius 1 is 1.43 bits per heavy atom. The number of thiazole rings is 1. The Bertz CT molecular complexity index is 432. The highest BCUT2D eigenvalue weighted by Crippen LogP contribution is 2.22. The molecule has 0 saturated carbocycles. The molecule has 0 unspecified atom stereocenters. The molecule has 0 radical (unpaired) electrons. The number of hydrogen-bond donors (Lipinski definition) is 0. The Hall–Kier alpha value is -0.520. The summed E-state index contributed by atoms with van der Waals surface area (Å²) in [6.07, 6.45) is 0. The molecule has 2 nitrogen and oxygen atoms in total. The van der Waals surface area contributed by atoms with Gasteiger partial charge in [0.1, 0.15) is 5.69 Å². The van der Waals surface area contributed by atoms with E-state index in [1.807, 2.05) is 18.4 Å². The molecule has 5 heteroatoms. The monoisotopic (exact) mass is 287 g/mol. The van der Waals surface area contributed by atoms with Gasteiger partial charge in [-0.05, 0) is 28.9 Å². The van der Waals surface area contributed by atoms with Gasteiger partial charge in [0.05, 0.1) is 9.88 Å². The topological polar surface area (TPSA) is 30.0 Å². The smallest absolute Gasteiger partial charge is 0.222 e.